The number of nitrogens with one attached hydrogen (secondary N) is 2. The van der Waals surface area contributed by atoms with E-state index < -0.39 is 17.8 Å². The van der Waals surface area contributed by atoms with Crippen molar-refractivity contribution >= 4 is 29.6 Å². The molecule has 0 aliphatic carbocycles. The van der Waals surface area contributed by atoms with Gasteiger partial charge in [0.25, 0.3) is 0 Å². The van der Waals surface area contributed by atoms with E-state index in [0.29, 0.717) is 37.6 Å². The number of hydrogen-bond donors (Lipinski definition) is 2. The predicted molar refractivity (Wildman–Crippen MR) is 116 cm³/mol. The Labute approximate surface area is 182 Å². The molecule has 170 valence electrons. The molecule has 31 heavy (non-hydrogen) atoms. The van der Waals surface area contributed by atoms with E-state index in [2.05, 4.69) is 15.5 Å². The lowest BCUT2D eigenvalue weighted by molar-refractivity contribution is 0.0490. The second-order valence-electron chi connectivity index (χ2n) is 8.74. The van der Waals surface area contributed by atoms with Crippen LogP contribution in [0.3, 0.4) is 0 Å². The zero-order valence-corrected chi connectivity index (χ0v) is 18.5. The average molecular weight is 434 g/mol. The predicted octanol–water partition coefficient (Wildman–Crippen LogP) is 2.32. The number of likely N-dealkylation sites (N-methyl/N-ethyl adjacent to an activating group) is 1. The number of anilines is 2. The second kappa shape index (κ2) is 9.42. The fourth-order valence-electron chi connectivity index (χ4n) is 3.54. The summed E-state index contributed by atoms with van der Waals surface area (Å²) in [6.45, 7) is 8.41. The van der Waals surface area contributed by atoms with E-state index in [1.165, 1.54) is 4.90 Å². The minimum absolute atomic E-state index is 0.206. The average Bonchev–Trinajstić information content (AvgIpc) is 3.11. The number of carbonyl (C=O) groups is 3. The molecule has 2 aliphatic rings. The molecule has 0 bridgehead atoms. The van der Waals surface area contributed by atoms with Gasteiger partial charge in [0.1, 0.15) is 12.2 Å². The van der Waals surface area contributed by atoms with E-state index in [1.807, 2.05) is 7.05 Å². The Hall–Kier alpha value is -3.01. The maximum Gasteiger partial charge on any atom is 0.414 e. The highest BCUT2D eigenvalue weighted by Crippen LogP contribution is 2.23. The van der Waals surface area contributed by atoms with Crippen molar-refractivity contribution in [2.45, 2.75) is 32.4 Å². The quantitative estimate of drug-likeness (QED) is 0.755. The zero-order valence-electron chi connectivity index (χ0n) is 18.5. The van der Waals surface area contributed by atoms with Crippen molar-refractivity contribution in [2.75, 3.05) is 56.6 Å². The molecule has 1 aromatic carbocycles. The minimum atomic E-state index is -0.586. The normalized spacial score (nSPS) is 19.7. The number of urea groups is 1. The molecule has 10 nitrogen and oxygen atoms in total. The molecule has 1 atom stereocenters. The summed E-state index contributed by atoms with van der Waals surface area (Å²) in [6.07, 6.45) is -0.901. The fourth-order valence-corrected chi connectivity index (χ4v) is 3.54. The Balaban J connectivity index is 1.63. The van der Waals surface area contributed by atoms with Crippen LogP contribution in [0.1, 0.15) is 20.8 Å². The molecule has 2 fully saturated rings. The highest BCUT2D eigenvalue weighted by Gasteiger charge is 2.30. The molecule has 2 heterocycles. The summed E-state index contributed by atoms with van der Waals surface area (Å²) >= 11 is 0. The number of piperazine rings is 1. The maximum atomic E-state index is 13.0. The molecule has 2 N–H and O–H groups in total. The van der Waals surface area contributed by atoms with E-state index >= 15 is 0 Å². The van der Waals surface area contributed by atoms with Crippen molar-refractivity contribution in [3.05, 3.63) is 24.3 Å². The van der Waals surface area contributed by atoms with Crippen molar-refractivity contribution in [3.8, 4) is 0 Å². The summed E-state index contributed by atoms with van der Waals surface area (Å²) in [4.78, 5) is 42.2. The number of hydrogen-bond acceptors (Lipinski definition) is 6. The van der Waals surface area contributed by atoms with Crippen molar-refractivity contribution in [2.24, 2.45) is 0 Å². The number of rotatable bonds is 4. The van der Waals surface area contributed by atoms with Crippen LogP contribution in [0.25, 0.3) is 0 Å². The van der Waals surface area contributed by atoms with Crippen molar-refractivity contribution in [1.82, 2.24) is 15.1 Å². The molecule has 2 aliphatic heterocycles. The molecule has 10 heteroatoms. The minimum Gasteiger partial charge on any atom is -0.447 e. The van der Waals surface area contributed by atoms with Gasteiger partial charge in [-0.25, -0.2) is 14.4 Å². The first-order valence-corrected chi connectivity index (χ1v) is 10.4. The standard InChI is InChI=1S/C21H31N5O5/c1-21(2,3)31-19(28)22-13-17-14-24(4)8-9-25(17)18(27)23-15-6-5-7-16(12-15)26-10-11-30-20(26)29/h5-7,12,17H,8-11,13-14H2,1-4H3,(H,22,28)(H,23,27)/t17-/m0/s1. The molecule has 0 unspecified atom stereocenters. The van der Waals surface area contributed by atoms with Gasteiger partial charge in [0, 0.05) is 37.6 Å². The molecular formula is C21H31N5O5. The molecule has 0 spiro atoms. The maximum absolute atomic E-state index is 13.0. The van der Waals surface area contributed by atoms with E-state index in [-0.39, 0.29) is 18.6 Å². The van der Waals surface area contributed by atoms with Gasteiger partial charge in [-0.2, -0.15) is 0 Å². The van der Waals surface area contributed by atoms with Crippen LogP contribution in [-0.2, 0) is 9.47 Å². The first kappa shape index (κ1) is 22.7. The summed E-state index contributed by atoms with van der Waals surface area (Å²) < 4.78 is 10.3. The Morgan fingerprint density at radius 2 is 2.00 bits per heavy atom. The van der Waals surface area contributed by atoms with Crippen LogP contribution in [0.4, 0.5) is 25.8 Å². The number of ether oxygens (including phenoxy) is 2. The summed E-state index contributed by atoms with van der Waals surface area (Å²) in [5.74, 6) is 0. The van der Waals surface area contributed by atoms with E-state index in [1.54, 1.807) is 49.9 Å². The van der Waals surface area contributed by atoms with Gasteiger partial charge in [0.05, 0.1) is 12.6 Å². The lowest BCUT2D eigenvalue weighted by Gasteiger charge is -2.40. The number of alkyl carbamates (subject to hydrolysis) is 1. The molecule has 2 saturated heterocycles. The number of benzene rings is 1. The smallest absolute Gasteiger partial charge is 0.414 e. The lowest BCUT2D eigenvalue weighted by Crippen LogP contribution is -2.58. The number of carbonyl (C=O) groups excluding carboxylic acids is 3. The summed E-state index contributed by atoms with van der Waals surface area (Å²) in [5.41, 5.74) is 0.666. The number of cyclic esters (lactones) is 1. The largest absolute Gasteiger partial charge is 0.447 e. The lowest BCUT2D eigenvalue weighted by atomic mass is 10.1. The molecular weight excluding hydrogens is 402 g/mol. The van der Waals surface area contributed by atoms with Gasteiger partial charge in [-0.3, -0.25) is 4.90 Å². The van der Waals surface area contributed by atoms with Gasteiger partial charge in [0.2, 0.25) is 0 Å². The first-order chi connectivity index (χ1) is 14.6. The van der Waals surface area contributed by atoms with Gasteiger partial charge >= 0.3 is 18.2 Å². The summed E-state index contributed by atoms with van der Waals surface area (Å²) in [5, 5.41) is 5.67. The molecule has 3 rings (SSSR count). The third kappa shape index (κ3) is 6.24. The van der Waals surface area contributed by atoms with Crippen LogP contribution in [0.2, 0.25) is 0 Å². The molecule has 0 saturated carbocycles. The monoisotopic (exact) mass is 433 g/mol. The summed E-state index contributed by atoms with van der Waals surface area (Å²) in [7, 11) is 1.98. The Morgan fingerprint density at radius 3 is 2.68 bits per heavy atom. The van der Waals surface area contributed by atoms with Crippen LogP contribution in [0.5, 0.6) is 0 Å². The van der Waals surface area contributed by atoms with Gasteiger partial charge in [-0.15, -0.1) is 0 Å². The van der Waals surface area contributed by atoms with Gasteiger partial charge in [-0.05, 0) is 46.0 Å². The van der Waals surface area contributed by atoms with Crippen LogP contribution in [-0.4, -0.2) is 86.0 Å². The van der Waals surface area contributed by atoms with Gasteiger partial charge in [-0.1, -0.05) is 6.07 Å². The second-order valence-corrected chi connectivity index (χ2v) is 8.74. The van der Waals surface area contributed by atoms with E-state index in [0.717, 1.165) is 6.54 Å². The first-order valence-electron chi connectivity index (χ1n) is 10.4. The Bertz CT molecular complexity index is 825. The van der Waals surface area contributed by atoms with Gasteiger partial charge < -0.3 is 29.9 Å². The van der Waals surface area contributed by atoms with Crippen LogP contribution >= 0.6 is 0 Å². The van der Waals surface area contributed by atoms with Crippen molar-refractivity contribution in [3.63, 3.8) is 0 Å². The van der Waals surface area contributed by atoms with Crippen molar-refractivity contribution in [1.29, 1.82) is 0 Å². The molecule has 1 aromatic rings. The van der Waals surface area contributed by atoms with E-state index in [9.17, 15) is 14.4 Å². The third-order valence-corrected chi connectivity index (χ3v) is 5.00. The number of nitrogens with zero attached hydrogens (tertiary/aromatic N) is 3. The number of amides is 4. The Kier molecular flexibility index (Phi) is 6.89. The van der Waals surface area contributed by atoms with E-state index in [4.69, 9.17) is 9.47 Å². The Morgan fingerprint density at radius 1 is 1.23 bits per heavy atom. The fraction of sp³-hybridized carbons (Fsp3) is 0.571. The molecule has 0 aromatic heterocycles. The topological polar surface area (TPSA) is 103 Å². The van der Waals surface area contributed by atoms with Crippen molar-refractivity contribution < 1.29 is 23.9 Å². The highest BCUT2D eigenvalue weighted by atomic mass is 16.6. The van der Waals surface area contributed by atoms with Gasteiger partial charge in [0.15, 0.2) is 0 Å². The summed E-state index contributed by atoms with van der Waals surface area (Å²) in [6, 6.07) is 6.63. The molecule has 0 radical (unpaired) electrons. The van der Waals surface area contributed by atoms with Crippen LogP contribution < -0.4 is 15.5 Å². The third-order valence-electron chi connectivity index (χ3n) is 5.00. The molecule has 4 amide bonds. The SMILES string of the molecule is CN1CCN(C(=O)Nc2cccc(N3CCOC3=O)c2)[C@@H](CNC(=O)OC(C)(C)C)C1. The van der Waals surface area contributed by atoms with Crippen LogP contribution in [0, 0.1) is 0 Å². The van der Waals surface area contributed by atoms with Crippen LogP contribution in [0.15, 0.2) is 24.3 Å². The highest BCUT2D eigenvalue weighted by molar-refractivity contribution is 5.93. The zero-order chi connectivity index (χ0) is 22.6.